The molecule has 0 atom stereocenters. The number of alkyl halides is 3. The molecule has 1 aromatic heterocycles. The minimum Gasteiger partial charge on any atom is -0.339 e. The monoisotopic (exact) mass is 330 g/mol. The molecule has 0 N–H and O–H groups in total. The first kappa shape index (κ1) is 17.5. The van der Waals surface area contributed by atoms with Crippen LogP contribution in [-0.2, 0) is 11.0 Å². The van der Waals surface area contributed by atoms with Crippen LogP contribution in [0.2, 0.25) is 0 Å². The number of aromatic nitrogens is 2. The van der Waals surface area contributed by atoms with Crippen LogP contribution in [0.25, 0.3) is 0 Å². The average molecular weight is 330 g/mol. The summed E-state index contributed by atoms with van der Waals surface area (Å²) >= 11 is 0. The molecule has 0 aromatic carbocycles. The summed E-state index contributed by atoms with van der Waals surface area (Å²) in [5.41, 5.74) is -0.946. The number of anilines is 1. The lowest BCUT2D eigenvalue weighted by molar-refractivity contribution is -0.141. The zero-order valence-electron chi connectivity index (χ0n) is 13.3. The minimum atomic E-state index is -4.48. The van der Waals surface area contributed by atoms with E-state index in [2.05, 4.69) is 23.8 Å². The van der Waals surface area contributed by atoms with Crippen LogP contribution in [0.3, 0.4) is 0 Å². The number of hydrogen-bond acceptors (Lipinski definition) is 4. The Hall–Kier alpha value is -1.86. The summed E-state index contributed by atoms with van der Waals surface area (Å²) in [5.74, 6) is 0.635. The lowest BCUT2D eigenvalue weighted by atomic mass is 10.1. The van der Waals surface area contributed by atoms with E-state index in [1.165, 1.54) is 0 Å². The molecule has 0 spiro atoms. The van der Waals surface area contributed by atoms with E-state index in [0.717, 1.165) is 18.7 Å². The van der Waals surface area contributed by atoms with Gasteiger partial charge >= 0.3 is 6.18 Å². The predicted octanol–water partition coefficient (Wildman–Crippen LogP) is 2.58. The van der Waals surface area contributed by atoms with Gasteiger partial charge in [-0.3, -0.25) is 4.79 Å². The number of carbonyl (C=O) groups is 1. The topological polar surface area (TPSA) is 49.3 Å². The summed E-state index contributed by atoms with van der Waals surface area (Å²) < 4.78 is 38.1. The van der Waals surface area contributed by atoms with E-state index < -0.39 is 11.9 Å². The first-order chi connectivity index (χ1) is 10.8. The number of amides is 1. The second-order valence-electron chi connectivity index (χ2n) is 6.04. The fourth-order valence-electron chi connectivity index (χ4n) is 2.38. The van der Waals surface area contributed by atoms with Crippen LogP contribution in [0.15, 0.2) is 12.3 Å². The van der Waals surface area contributed by atoms with Gasteiger partial charge in [0.1, 0.15) is 5.69 Å². The summed E-state index contributed by atoms with van der Waals surface area (Å²) in [5, 5.41) is 0. The Morgan fingerprint density at radius 3 is 2.48 bits per heavy atom. The molecule has 0 aliphatic carbocycles. The number of carbonyl (C=O) groups excluding carboxylic acids is 1. The van der Waals surface area contributed by atoms with E-state index in [-0.39, 0.29) is 11.9 Å². The highest BCUT2D eigenvalue weighted by molar-refractivity contribution is 5.76. The van der Waals surface area contributed by atoms with Crippen molar-refractivity contribution in [1.82, 2.24) is 14.9 Å². The normalized spacial score (nSPS) is 16.1. The highest BCUT2D eigenvalue weighted by atomic mass is 19.4. The van der Waals surface area contributed by atoms with Gasteiger partial charge in [-0.25, -0.2) is 9.97 Å². The maximum Gasteiger partial charge on any atom is 0.433 e. The van der Waals surface area contributed by atoms with Gasteiger partial charge < -0.3 is 9.80 Å². The van der Waals surface area contributed by atoms with Crippen LogP contribution >= 0.6 is 0 Å². The zero-order chi connectivity index (χ0) is 17.0. The largest absolute Gasteiger partial charge is 0.433 e. The first-order valence-corrected chi connectivity index (χ1v) is 7.70. The molecule has 2 heterocycles. The number of hydrogen-bond donors (Lipinski definition) is 0. The van der Waals surface area contributed by atoms with Gasteiger partial charge in [0.15, 0.2) is 0 Å². The molecule has 0 radical (unpaired) electrons. The smallest absolute Gasteiger partial charge is 0.339 e. The molecule has 1 aliphatic heterocycles. The van der Waals surface area contributed by atoms with Gasteiger partial charge in [-0.2, -0.15) is 13.2 Å². The molecule has 0 saturated carbocycles. The molecule has 0 unspecified atom stereocenters. The third kappa shape index (κ3) is 4.80. The third-order valence-electron chi connectivity index (χ3n) is 3.78. The van der Waals surface area contributed by atoms with E-state index in [9.17, 15) is 18.0 Å². The second-order valence-corrected chi connectivity index (χ2v) is 6.04. The van der Waals surface area contributed by atoms with Crippen LogP contribution in [0.1, 0.15) is 32.4 Å². The molecule has 0 bridgehead atoms. The Morgan fingerprint density at radius 2 is 1.91 bits per heavy atom. The van der Waals surface area contributed by atoms with Gasteiger partial charge in [-0.05, 0) is 18.4 Å². The van der Waals surface area contributed by atoms with Gasteiger partial charge in [0, 0.05) is 38.8 Å². The quantitative estimate of drug-likeness (QED) is 0.851. The van der Waals surface area contributed by atoms with E-state index in [1.54, 1.807) is 9.80 Å². The Balaban J connectivity index is 1.93. The molecular weight excluding hydrogens is 309 g/mol. The number of piperazine rings is 1. The second kappa shape index (κ2) is 7.14. The number of nitrogens with zero attached hydrogens (tertiary/aromatic N) is 4. The summed E-state index contributed by atoms with van der Waals surface area (Å²) in [6, 6.07) is 0.856. The number of halogens is 3. The maximum absolute atomic E-state index is 12.7. The lowest BCUT2D eigenvalue weighted by Crippen LogP contribution is -2.49. The molecule has 1 fully saturated rings. The van der Waals surface area contributed by atoms with Gasteiger partial charge in [-0.1, -0.05) is 13.8 Å². The maximum atomic E-state index is 12.7. The molecule has 5 nitrogen and oxygen atoms in total. The van der Waals surface area contributed by atoms with E-state index in [4.69, 9.17) is 0 Å². The van der Waals surface area contributed by atoms with E-state index in [0.29, 0.717) is 38.5 Å². The van der Waals surface area contributed by atoms with Crippen molar-refractivity contribution in [2.45, 2.75) is 32.9 Å². The van der Waals surface area contributed by atoms with Crippen LogP contribution in [0.5, 0.6) is 0 Å². The minimum absolute atomic E-state index is 0.0640. The fraction of sp³-hybridized carbons (Fsp3) is 0.667. The first-order valence-electron chi connectivity index (χ1n) is 7.70. The molecule has 128 valence electrons. The third-order valence-corrected chi connectivity index (χ3v) is 3.78. The van der Waals surface area contributed by atoms with Gasteiger partial charge in [0.2, 0.25) is 11.9 Å². The number of rotatable bonds is 4. The van der Waals surface area contributed by atoms with Crippen LogP contribution in [-0.4, -0.2) is 47.0 Å². The van der Waals surface area contributed by atoms with Crippen molar-refractivity contribution in [2.75, 3.05) is 31.1 Å². The Bertz CT molecular complexity index is 540. The summed E-state index contributed by atoms with van der Waals surface area (Å²) in [4.78, 5) is 23.0. The molecular formula is C15H21F3N4O. The standard InChI is InChI=1S/C15H21F3N4O/c1-11(2)3-4-13(23)21-7-9-22(10-8-21)14-19-6-5-12(20-14)15(16,17)18/h5-6,11H,3-4,7-10H2,1-2H3. The zero-order valence-corrected chi connectivity index (χ0v) is 13.3. The van der Waals surface area contributed by atoms with Crippen molar-refractivity contribution in [1.29, 1.82) is 0 Å². The van der Waals surface area contributed by atoms with Crippen molar-refractivity contribution in [2.24, 2.45) is 5.92 Å². The van der Waals surface area contributed by atoms with E-state index in [1.807, 2.05) is 0 Å². The molecule has 2 rings (SSSR count). The van der Waals surface area contributed by atoms with Crippen molar-refractivity contribution in [3.63, 3.8) is 0 Å². The highest BCUT2D eigenvalue weighted by Crippen LogP contribution is 2.28. The van der Waals surface area contributed by atoms with Crippen molar-refractivity contribution in [3.05, 3.63) is 18.0 Å². The summed E-state index contributed by atoms with van der Waals surface area (Å²) in [6.45, 7) is 5.98. The van der Waals surface area contributed by atoms with Crippen molar-refractivity contribution < 1.29 is 18.0 Å². The Labute approximate surface area is 133 Å². The lowest BCUT2D eigenvalue weighted by Gasteiger charge is -2.35. The van der Waals surface area contributed by atoms with Gasteiger partial charge in [0.05, 0.1) is 0 Å². The highest BCUT2D eigenvalue weighted by Gasteiger charge is 2.33. The van der Waals surface area contributed by atoms with Gasteiger partial charge in [0.25, 0.3) is 0 Å². The Kier molecular flexibility index (Phi) is 5.43. The molecule has 1 amide bonds. The predicted molar refractivity (Wildman–Crippen MR) is 79.9 cm³/mol. The van der Waals surface area contributed by atoms with Crippen LogP contribution in [0, 0.1) is 5.92 Å². The molecule has 1 aromatic rings. The molecule has 8 heteroatoms. The summed E-state index contributed by atoms with van der Waals surface area (Å²) in [6.07, 6.45) is -2.01. The summed E-state index contributed by atoms with van der Waals surface area (Å²) in [7, 11) is 0. The van der Waals surface area contributed by atoms with E-state index >= 15 is 0 Å². The SMILES string of the molecule is CC(C)CCC(=O)N1CCN(c2nccc(C(F)(F)F)n2)CC1. The van der Waals surface area contributed by atoms with Crippen LogP contribution < -0.4 is 4.90 Å². The van der Waals surface area contributed by atoms with Crippen LogP contribution in [0.4, 0.5) is 19.1 Å². The molecule has 23 heavy (non-hydrogen) atoms. The van der Waals surface area contributed by atoms with Crippen molar-refractivity contribution >= 4 is 11.9 Å². The molecule has 1 aliphatic rings. The average Bonchev–Trinajstić information content (AvgIpc) is 2.52. The molecule has 1 saturated heterocycles. The Morgan fingerprint density at radius 1 is 1.26 bits per heavy atom. The fourth-order valence-corrected chi connectivity index (χ4v) is 2.38. The van der Waals surface area contributed by atoms with Gasteiger partial charge in [-0.15, -0.1) is 0 Å². The van der Waals surface area contributed by atoms with Crippen molar-refractivity contribution in [3.8, 4) is 0 Å².